The lowest BCUT2D eigenvalue weighted by molar-refractivity contribution is 0.0346. The second-order valence-corrected chi connectivity index (χ2v) is 4.36. The van der Waals surface area contributed by atoms with E-state index in [1.807, 2.05) is 43.5 Å². The SMILES string of the molecule is Cc1cnn(CC(C)(O)c2ccccc2)c1. The first kappa shape index (κ1) is 10.9. The number of aromatic nitrogens is 2. The average molecular weight is 216 g/mol. The normalized spacial score (nSPS) is 14.7. The highest BCUT2D eigenvalue weighted by Crippen LogP contribution is 2.21. The van der Waals surface area contributed by atoms with Crippen molar-refractivity contribution in [3.8, 4) is 0 Å². The van der Waals surface area contributed by atoms with Crippen LogP contribution in [-0.4, -0.2) is 14.9 Å². The summed E-state index contributed by atoms with van der Waals surface area (Å²) in [6.45, 7) is 4.25. The highest BCUT2D eigenvalue weighted by molar-refractivity contribution is 5.21. The van der Waals surface area contributed by atoms with Crippen LogP contribution >= 0.6 is 0 Å². The molecule has 1 unspecified atom stereocenters. The van der Waals surface area contributed by atoms with Gasteiger partial charge in [-0.05, 0) is 25.0 Å². The van der Waals surface area contributed by atoms with Crippen LogP contribution in [0, 0.1) is 6.92 Å². The maximum atomic E-state index is 10.4. The van der Waals surface area contributed by atoms with Crippen LogP contribution in [0.2, 0.25) is 0 Å². The summed E-state index contributed by atoms with van der Waals surface area (Å²) in [6.07, 6.45) is 3.72. The fourth-order valence-corrected chi connectivity index (χ4v) is 1.76. The zero-order chi connectivity index (χ0) is 11.6. The number of hydrogen-bond acceptors (Lipinski definition) is 2. The Labute approximate surface area is 95.3 Å². The Kier molecular flexibility index (Phi) is 2.79. The first-order chi connectivity index (χ1) is 7.58. The Morgan fingerprint density at radius 3 is 2.56 bits per heavy atom. The van der Waals surface area contributed by atoms with Crippen molar-refractivity contribution in [1.29, 1.82) is 0 Å². The molecule has 0 aliphatic heterocycles. The lowest BCUT2D eigenvalue weighted by Gasteiger charge is -2.23. The van der Waals surface area contributed by atoms with E-state index in [0.29, 0.717) is 6.54 Å². The molecule has 0 amide bonds. The molecule has 0 aliphatic rings. The van der Waals surface area contributed by atoms with Crippen LogP contribution in [0.25, 0.3) is 0 Å². The van der Waals surface area contributed by atoms with Gasteiger partial charge in [-0.25, -0.2) is 0 Å². The van der Waals surface area contributed by atoms with Crippen LogP contribution in [0.1, 0.15) is 18.1 Å². The van der Waals surface area contributed by atoms with Crippen molar-refractivity contribution in [3.05, 3.63) is 53.9 Å². The molecule has 0 radical (unpaired) electrons. The van der Waals surface area contributed by atoms with Gasteiger partial charge in [0.25, 0.3) is 0 Å². The van der Waals surface area contributed by atoms with E-state index in [2.05, 4.69) is 5.10 Å². The number of nitrogens with zero attached hydrogens (tertiary/aromatic N) is 2. The summed E-state index contributed by atoms with van der Waals surface area (Å²) in [5, 5.41) is 14.6. The largest absolute Gasteiger partial charge is 0.384 e. The van der Waals surface area contributed by atoms with Gasteiger partial charge in [0.2, 0.25) is 0 Å². The van der Waals surface area contributed by atoms with Crippen LogP contribution in [-0.2, 0) is 12.1 Å². The van der Waals surface area contributed by atoms with E-state index in [9.17, 15) is 5.11 Å². The summed E-state index contributed by atoms with van der Waals surface area (Å²) in [6, 6.07) is 9.65. The third kappa shape index (κ3) is 2.31. The molecule has 1 aromatic heterocycles. The van der Waals surface area contributed by atoms with Crippen molar-refractivity contribution < 1.29 is 5.11 Å². The molecule has 1 heterocycles. The van der Waals surface area contributed by atoms with Gasteiger partial charge in [-0.15, -0.1) is 0 Å². The molecule has 84 valence electrons. The Hall–Kier alpha value is -1.61. The second-order valence-electron chi connectivity index (χ2n) is 4.36. The minimum absolute atomic E-state index is 0.463. The molecule has 0 saturated carbocycles. The number of aryl methyl sites for hydroxylation is 1. The molecule has 0 saturated heterocycles. The third-order valence-corrected chi connectivity index (χ3v) is 2.63. The molecule has 1 atom stereocenters. The first-order valence-corrected chi connectivity index (χ1v) is 5.35. The summed E-state index contributed by atoms with van der Waals surface area (Å²) in [4.78, 5) is 0. The Bertz CT molecular complexity index is 460. The summed E-state index contributed by atoms with van der Waals surface area (Å²) in [5.41, 5.74) is 1.12. The number of hydrogen-bond donors (Lipinski definition) is 1. The lowest BCUT2D eigenvalue weighted by atomic mass is 9.96. The van der Waals surface area contributed by atoms with E-state index >= 15 is 0 Å². The molecule has 1 N–H and O–H groups in total. The lowest BCUT2D eigenvalue weighted by Crippen LogP contribution is -2.27. The first-order valence-electron chi connectivity index (χ1n) is 5.35. The van der Waals surface area contributed by atoms with E-state index in [4.69, 9.17) is 0 Å². The van der Waals surface area contributed by atoms with E-state index < -0.39 is 5.60 Å². The van der Waals surface area contributed by atoms with Crippen LogP contribution < -0.4 is 0 Å². The van der Waals surface area contributed by atoms with Crippen LogP contribution in [0.3, 0.4) is 0 Å². The van der Waals surface area contributed by atoms with Gasteiger partial charge in [0.05, 0.1) is 12.7 Å². The predicted molar refractivity (Wildman–Crippen MR) is 63.0 cm³/mol. The van der Waals surface area contributed by atoms with Gasteiger partial charge in [-0.2, -0.15) is 5.10 Å². The fraction of sp³-hybridized carbons (Fsp3) is 0.308. The van der Waals surface area contributed by atoms with E-state index in [1.165, 1.54) is 0 Å². The van der Waals surface area contributed by atoms with Crippen molar-refractivity contribution in [1.82, 2.24) is 9.78 Å². The predicted octanol–water partition coefficient (Wildman–Crippen LogP) is 2.10. The van der Waals surface area contributed by atoms with Gasteiger partial charge in [0.15, 0.2) is 0 Å². The molecule has 1 aromatic carbocycles. The maximum absolute atomic E-state index is 10.4. The quantitative estimate of drug-likeness (QED) is 0.853. The van der Waals surface area contributed by atoms with E-state index in [0.717, 1.165) is 11.1 Å². The van der Waals surface area contributed by atoms with Crippen molar-refractivity contribution >= 4 is 0 Å². The van der Waals surface area contributed by atoms with Crippen molar-refractivity contribution in [2.45, 2.75) is 26.0 Å². The Morgan fingerprint density at radius 1 is 1.31 bits per heavy atom. The topological polar surface area (TPSA) is 38.0 Å². The molecule has 3 heteroatoms. The molecule has 2 rings (SSSR count). The molecule has 0 spiro atoms. The third-order valence-electron chi connectivity index (χ3n) is 2.63. The zero-order valence-electron chi connectivity index (χ0n) is 9.59. The molecule has 0 bridgehead atoms. The minimum Gasteiger partial charge on any atom is -0.384 e. The van der Waals surface area contributed by atoms with Crippen molar-refractivity contribution in [3.63, 3.8) is 0 Å². The Morgan fingerprint density at radius 2 is 2.00 bits per heavy atom. The number of benzene rings is 1. The van der Waals surface area contributed by atoms with Crippen LogP contribution in [0.5, 0.6) is 0 Å². The molecule has 3 nitrogen and oxygen atoms in total. The molecule has 16 heavy (non-hydrogen) atoms. The highest BCUT2D eigenvalue weighted by Gasteiger charge is 2.23. The average Bonchev–Trinajstić information content (AvgIpc) is 2.64. The van der Waals surface area contributed by atoms with Crippen molar-refractivity contribution in [2.75, 3.05) is 0 Å². The number of aliphatic hydroxyl groups is 1. The minimum atomic E-state index is -0.889. The van der Waals surface area contributed by atoms with Gasteiger partial charge in [0.1, 0.15) is 5.60 Å². The standard InChI is InChI=1S/C13H16N2O/c1-11-8-14-15(9-11)10-13(2,16)12-6-4-3-5-7-12/h3-9,16H,10H2,1-2H3. The number of rotatable bonds is 3. The molecule has 0 fully saturated rings. The molecular formula is C13H16N2O. The summed E-state index contributed by atoms with van der Waals surface area (Å²) in [7, 11) is 0. The molecule has 0 aliphatic carbocycles. The maximum Gasteiger partial charge on any atom is 0.106 e. The van der Waals surface area contributed by atoms with Crippen molar-refractivity contribution in [2.24, 2.45) is 0 Å². The second kappa shape index (κ2) is 4.10. The van der Waals surface area contributed by atoms with Gasteiger partial charge in [-0.1, -0.05) is 30.3 Å². The zero-order valence-corrected chi connectivity index (χ0v) is 9.59. The fourth-order valence-electron chi connectivity index (χ4n) is 1.76. The van der Waals surface area contributed by atoms with Crippen LogP contribution in [0.15, 0.2) is 42.7 Å². The van der Waals surface area contributed by atoms with Crippen LogP contribution in [0.4, 0.5) is 0 Å². The van der Waals surface area contributed by atoms with Gasteiger partial charge in [-0.3, -0.25) is 4.68 Å². The van der Waals surface area contributed by atoms with E-state index in [1.54, 1.807) is 17.8 Å². The summed E-state index contributed by atoms with van der Waals surface area (Å²) in [5.74, 6) is 0. The summed E-state index contributed by atoms with van der Waals surface area (Å²) >= 11 is 0. The highest BCUT2D eigenvalue weighted by atomic mass is 16.3. The van der Waals surface area contributed by atoms with Gasteiger partial charge in [0, 0.05) is 6.20 Å². The monoisotopic (exact) mass is 216 g/mol. The Balaban J connectivity index is 2.20. The molecule has 2 aromatic rings. The summed E-state index contributed by atoms with van der Waals surface area (Å²) < 4.78 is 1.77. The smallest absolute Gasteiger partial charge is 0.106 e. The molecular weight excluding hydrogens is 200 g/mol. The van der Waals surface area contributed by atoms with Gasteiger partial charge >= 0.3 is 0 Å². The van der Waals surface area contributed by atoms with E-state index in [-0.39, 0.29) is 0 Å². The van der Waals surface area contributed by atoms with Gasteiger partial charge < -0.3 is 5.11 Å².